The fourth-order valence-corrected chi connectivity index (χ4v) is 2.65. The lowest BCUT2D eigenvalue weighted by molar-refractivity contribution is 0.899. The number of hydrogen-bond donors (Lipinski definition) is 1. The van der Waals surface area contributed by atoms with E-state index in [0.717, 1.165) is 41.6 Å². The first-order valence-corrected chi connectivity index (χ1v) is 6.35. The smallest absolute Gasteiger partial charge is 0.254 e. The normalized spacial score (nSPS) is 13.7. The van der Waals surface area contributed by atoms with Gasteiger partial charge in [-0.2, -0.15) is 0 Å². The third-order valence-corrected chi connectivity index (χ3v) is 3.58. The van der Waals surface area contributed by atoms with Gasteiger partial charge in [0.15, 0.2) is 0 Å². The number of benzene rings is 1. The van der Waals surface area contributed by atoms with Gasteiger partial charge in [0.25, 0.3) is 5.56 Å². The molecule has 18 heavy (non-hydrogen) atoms. The fraction of sp³-hybridized carbons (Fsp3) is 0.333. The zero-order valence-corrected chi connectivity index (χ0v) is 10.7. The summed E-state index contributed by atoms with van der Waals surface area (Å²) in [4.78, 5) is 19.5. The summed E-state index contributed by atoms with van der Waals surface area (Å²) < 4.78 is 0. The first-order valence-electron chi connectivity index (χ1n) is 6.35. The van der Waals surface area contributed by atoms with Gasteiger partial charge in [-0.1, -0.05) is 23.8 Å². The van der Waals surface area contributed by atoms with Gasteiger partial charge in [-0.3, -0.25) is 4.79 Å². The molecular weight excluding hydrogens is 224 g/mol. The zero-order valence-electron chi connectivity index (χ0n) is 10.7. The Morgan fingerprint density at radius 1 is 1.22 bits per heavy atom. The van der Waals surface area contributed by atoms with Crippen LogP contribution in [0.3, 0.4) is 0 Å². The van der Waals surface area contributed by atoms with Crippen molar-refractivity contribution in [2.75, 3.05) is 0 Å². The first-order chi connectivity index (χ1) is 8.65. The standard InChI is InChI=1S/C15H16N2O/c1-9-6-7-11(10(2)8-9)14-16-13-5-3-4-12(13)15(18)17-14/h6-8H,3-5H2,1-2H3,(H,16,17,18). The molecular formula is C15H16N2O. The van der Waals surface area contributed by atoms with Crippen molar-refractivity contribution in [1.29, 1.82) is 0 Å². The van der Waals surface area contributed by atoms with Crippen LogP contribution < -0.4 is 5.56 Å². The third-order valence-electron chi connectivity index (χ3n) is 3.58. The number of hydrogen-bond acceptors (Lipinski definition) is 2. The Morgan fingerprint density at radius 3 is 2.83 bits per heavy atom. The summed E-state index contributed by atoms with van der Waals surface area (Å²) in [6, 6.07) is 6.20. The predicted molar refractivity (Wildman–Crippen MR) is 71.8 cm³/mol. The number of fused-ring (bicyclic) bond motifs is 1. The second-order valence-corrected chi connectivity index (χ2v) is 5.01. The Morgan fingerprint density at radius 2 is 2.06 bits per heavy atom. The Balaban J connectivity index is 2.18. The van der Waals surface area contributed by atoms with Crippen molar-refractivity contribution in [2.24, 2.45) is 0 Å². The van der Waals surface area contributed by atoms with Gasteiger partial charge < -0.3 is 4.98 Å². The lowest BCUT2D eigenvalue weighted by atomic mass is 10.1. The van der Waals surface area contributed by atoms with Crippen LogP contribution in [0.2, 0.25) is 0 Å². The van der Waals surface area contributed by atoms with Crippen LogP contribution in [0, 0.1) is 13.8 Å². The number of aromatic nitrogens is 2. The van der Waals surface area contributed by atoms with Crippen molar-refractivity contribution in [3.8, 4) is 11.4 Å². The van der Waals surface area contributed by atoms with E-state index in [4.69, 9.17) is 0 Å². The molecule has 0 fully saturated rings. The van der Waals surface area contributed by atoms with E-state index in [1.165, 1.54) is 5.56 Å². The van der Waals surface area contributed by atoms with Crippen LogP contribution in [-0.2, 0) is 12.8 Å². The van der Waals surface area contributed by atoms with Crippen LogP contribution in [0.1, 0.15) is 28.8 Å². The molecule has 3 nitrogen and oxygen atoms in total. The van der Waals surface area contributed by atoms with E-state index in [2.05, 4.69) is 35.9 Å². The summed E-state index contributed by atoms with van der Waals surface area (Å²) in [5.41, 5.74) is 5.29. The largest absolute Gasteiger partial charge is 0.306 e. The molecule has 0 saturated carbocycles. The van der Waals surface area contributed by atoms with Gasteiger partial charge in [0.1, 0.15) is 5.82 Å². The molecule has 92 valence electrons. The maximum atomic E-state index is 12.0. The molecule has 0 unspecified atom stereocenters. The minimum atomic E-state index is 0.0347. The van der Waals surface area contributed by atoms with Gasteiger partial charge in [-0.15, -0.1) is 0 Å². The second kappa shape index (κ2) is 4.09. The van der Waals surface area contributed by atoms with Crippen LogP contribution in [0.25, 0.3) is 11.4 Å². The molecule has 1 N–H and O–H groups in total. The molecule has 0 aliphatic heterocycles. The molecule has 3 rings (SSSR count). The van der Waals surface area contributed by atoms with E-state index in [1.54, 1.807) is 0 Å². The van der Waals surface area contributed by atoms with Gasteiger partial charge in [-0.05, 0) is 38.7 Å². The zero-order chi connectivity index (χ0) is 12.7. The topological polar surface area (TPSA) is 45.8 Å². The number of aromatic amines is 1. The summed E-state index contributed by atoms with van der Waals surface area (Å²) >= 11 is 0. The number of aryl methyl sites for hydroxylation is 3. The molecule has 0 saturated heterocycles. The van der Waals surface area contributed by atoms with Crippen LogP contribution in [0.5, 0.6) is 0 Å². The lowest BCUT2D eigenvalue weighted by Gasteiger charge is -2.07. The molecule has 0 spiro atoms. The quantitative estimate of drug-likeness (QED) is 0.832. The Kier molecular flexibility index (Phi) is 2.54. The van der Waals surface area contributed by atoms with Crippen molar-refractivity contribution in [3.63, 3.8) is 0 Å². The predicted octanol–water partition coefficient (Wildman–Crippen LogP) is 2.54. The van der Waals surface area contributed by atoms with Crippen molar-refractivity contribution in [2.45, 2.75) is 33.1 Å². The first kappa shape index (κ1) is 11.2. The number of rotatable bonds is 1. The SMILES string of the molecule is Cc1ccc(-c2nc3c(c(=O)[nH]2)CCC3)c(C)c1. The Hall–Kier alpha value is -1.90. The fourth-order valence-electron chi connectivity index (χ4n) is 2.65. The van der Waals surface area contributed by atoms with Crippen molar-refractivity contribution in [3.05, 3.63) is 50.9 Å². The monoisotopic (exact) mass is 240 g/mol. The number of nitrogens with zero attached hydrogens (tertiary/aromatic N) is 1. The molecule has 2 aromatic rings. The average molecular weight is 240 g/mol. The summed E-state index contributed by atoms with van der Waals surface area (Å²) in [6.45, 7) is 4.12. The maximum absolute atomic E-state index is 12.0. The highest BCUT2D eigenvalue weighted by Gasteiger charge is 2.18. The molecule has 1 heterocycles. The van der Waals surface area contributed by atoms with E-state index in [-0.39, 0.29) is 5.56 Å². The van der Waals surface area contributed by atoms with E-state index in [0.29, 0.717) is 5.82 Å². The number of nitrogens with one attached hydrogen (secondary N) is 1. The van der Waals surface area contributed by atoms with Crippen molar-refractivity contribution >= 4 is 0 Å². The van der Waals surface area contributed by atoms with Crippen molar-refractivity contribution < 1.29 is 0 Å². The summed E-state index contributed by atoms with van der Waals surface area (Å²) in [6.07, 6.45) is 2.84. The van der Waals surface area contributed by atoms with Crippen LogP contribution in [0.4, 0.5) is 0 Å². The van der Waals surface area contributed by atoms with E-state index in [9.17, 15) is 4.79 Å². The van der Waals surface area contributed by atoms with Gasteiger partial charge in [-0.25, -0.2) is 4.98 Å². The minimum absolute atomic E-state index is 0.0347. The number of H-pyrrole nitrogens is 1. The molecule has 0 atom stereocenters. The minimum Gasteiger partial charge on any atom is -0.306 e. The van der Waals surface area contributed by atoms with Crippen LogP contribution in [0.15, 0.2) is 23.0 Å². The molecule has 1 aromatic heterocycles. The van der Waals surface area contributed by atoms with E-state index >= 15 is 0 Å². The highest BCUT2D eigenvalue weighted by molar-refractivity contribution is 5.60. The molecule has 1 aliphatic rings. The summed E-state index contributed by atoms with van der Waals surface area (Å²) in [5, 5.41) is 0. The Bertz CT molecular complexity index is 671. The van der Waals surface area contributed by atoms with Gasteiger partial charge >= 0.3 is 0 Å². The van der Waals surface area contributed by atoms with Gasteiger partial charge in [0, 0.05) is 11.1 Å². The molecule has 1 aromatic carbocycles. The van der Waals surface area contributed by atoms with Crippen molar-refractivity contribution in [1.82, 2.24) is 9.97 Å². The summed E-state index contributed by atoms with van der Waals surface area (Å²) in [7, 11) is 0. The molecule has 0 radical (unpaired) electrons. The molecule has 0 bridgehead atoms. The molecule has 1 aliphatic carbocycles. The maximum Gasteiger partial charge on any atom is 0.254 e. The van der Waals surface area contributed by atoms with E-state index < -0.39 is 0 Å². The van der Waals surface area contributed by atoms with Crippen LogP contribution >= 0.6 is 0 Å². The van der Waals surface area contributed by atoms with Gasteiger partial charge in [0.05, 0.1) is 5.69 Å². The molecule has 0 amide bonds. The highest BCUT2D eigenvalue weighted by atomic mass is 16.1. The third kappa shape index (κ3) is 1.76. The highest BCUT2D eigenvalue weighted by Crippen LogP contribution is 2.23. The van der Waals surface area contributed by atoms with E-state index in [1.807, 2.05) is 6.07 Å². The summed E-state index contributed by atoms with van der Waals surface area (Å²) in [5.74, 6) is 0.707. The van der Waals surface area contributed by atoms with Gasteiger partial charge in [0.2, 0.25) is 0 Å². The Labute approximate surface area is 106 Å². The lowest BCUT2D eigenvalue weighted by Crippen LogP contribution is -2.15. The second-order valence-electron chi connectivity index (χ2n) is 5.01. The van der Waals surface area contributed by atoms with Crippen LogP contribution in [-0.4, -0.2) is 9.97 Å². The molecule has 3 heteroatoms. The average Bonchev–Trinajstić information content (AvgIpc) is 2.77.